The zero-order valence-corrected chi connectivity index (χ0v) is 25.4. The molecule has 0 radical (unpaired) electrons. The minimum atomic E-state index is -3.10. The predicted octanol–water partition coefficient (Wildman–Crippen LogP) is 5.40. The molecule has 2 aliphatic rings. The molecule has 0 aliphatic carbocycles. The zero-order valence-electron chi connectivity index (χ0n) is 25.4. The first-order valence-electron chi connectivity index (χ1n) is 15.0. The number of aryl methyl sites for hydroxylation is 3. The highest BCUT2D eigenvalue weighted by Gasteiger charge is 2.25. The number of fused-ring (bicyclic) bond motifs is 3. The number of rotatable bonds is 8. The first kappa shape index (κ1) is 30.2. The van der Waals surface area contributed by atoms with E-state index in [1.807, 2.05) is 43.7 Å². The average Bonchev–Trinajstić information content (AvgIpc) is 3.46. The SMILES string of the molecule is Cc1cccc(C)c1NC(=O)c1ccn2c1CCc1cnc(Nc3ccc(C(=O)NC4CCN(C)CC4)cc3OC(F)F)nc1-2. The molecular formula is C33H35F2N7O3. The minimum absolute atomic E-state index is 0.0200. The lowest BCUT2D eigenvalue weighted by molar-refractivity contribution is -0.0494. The largest absolute Gasteiger partial charge is 0.433 e. The lowest BCUT2D eigenvalue weighted by Gasteiger charge is -2.29. The van der Waals surface area contributed by atoms with Crippen LogP contribution >= 0.6 is 0 Å². The van der Waals surface area contributed by atoms with Crippen LogP contribution in [-0.2, 0) is 12.8 Å². The summed E-state index contributed by atoms with van der Waals surface area (Å²) in [5, 5.41) is 9.02. The van der Waals surface area contributed by atoms with Gasteiger partial charge in [-0.2, -0.15) is 13.8 Å². The second-order valence-corrected chi connectivity index (χ2v) is 11.6. The summed E-state index contributed by atoms with van der Waals surface area (Å²) in [4.78, 5) is 37.5. The summed E-state index contributed by atoms with van der Waals surface area (Å²) >= 11 is 0. The maximum atomic E-state index is 13.4. The number of hydrogen-bond donors (Lipinski definition) is 3. The number of para-hydroxylation sites is 1. The van der Waals surface area contributed by atoms with Crippen LogP contribution in [0.25, 0.3) is 5.82 Å². The van der Waals surface area contributed by atoms with Gasteiger partial charge in [-0.25, -0.2) is 4.98 Å². The molecule has 0 spiro atoms. The van der Waals surface area contributed by atoms with Gasteiger partial charge >= 0.3 is 6.61 Å². The highest BCUT2D eigenvalue weighted by atomic mass is 19.3. The summed E-state index contributed by atoms with van der Waals surface area (Å²) < 4.78 is 33.4. The molecule has 6 rings (SSSR count). The summed E-state index contributed by atoms with van der Waals surface area (Å²) in [5.41, 5.74) is 5.40. The van der Waals surface area contributed by atoms with Gasteiger partial charge < -0.3 is 30.2 Å². The highest BCUT2D eigenvalue weighted by molar-refractivity contribution is 6.06. The first-order valence-corrected chi connectivity index (χ1v) is 15.0. The molecule has 10 nitrogen and oxygen atoms in total. The molecule has 1 saturated heterocycles. The van der Waals surface area contributed by atoms with Crippen LogP contribution in [0.1, 0.15) is 55.9 Å². The number of carbonyl (C=O) groups is 2. The van der Waals surface area contributed by atoms with Crippen molar-refractivity contribution in [1.82, 2.24) is 24.8 Å². The average molecular weight is 616 g/mol. The van der Waals surface area contributed by atoms with E-state index in [0.717, 1.165) is 54.0 Å². The van der Waals surface area contributed by atoms with Gasteiger partial charge in [-0.15, -0.1) is 0 Å². The van der Waals surface area contributed by atoms with Gasteiger partial charge in [-0.1, -0.05) is 18.2 Å². The number of nitrogens with zero attached hydrogens (tertiary/aromatic N) is 4. The van der Waals surface area contributed by atoms with Gasteiger partial charge in [0.1, 0.15) is 11.6 Å². The Kier molecular flexibility index (Phi) is 8.48. The molecule has 12 heteroatoms. The lowest BCUT2D eigenvalue weighted by atomic mass is 10.0. The molecule has 2 aliphatic heterocycles. The Hall–Kier alpha value is -4.84. The first-order chi connectivity index (χ1) is 21.7. The Morgan fingerprint density at radius 1 is 1.02 bits per heavy atom. The van der Waals surface area contributed by atoms with Crippen LogP contribution in [0.4, 0.5) is 26.1 Å². The van der Waals surface area contributed by atoms with Crippen molar-refractivity contribution in [2.75, 3.05) is 30.8 Å². The van der Waals surface area contributed by atoms with Crippen LogP contribution in [-0.4, -0.2) is 64.0 Å². The molecule has 234 valence electrons. The third-order valence-corrected chi connectivity index (χ3v) is 8.42. The molecule has 1 fully saturated rings. The Morgan fingerprint density at radius 3 is 2.51 bits per heavy atom. The Labute approximate surface area is 259 Å². The smallest absolute Gasteiger partial charge is 0.387 e. The predicted molar refractivity (Wildman–Crippen MR) is 167 cm³/mol. The number of anilines is 3. The van der Waals surface area contributed by atoms with Crippen LogP contribution in [0.15, 0.2) is 54.9 Å². The van der Waals surface area contributed by atoms with Gasteiger partial charge in [-0.05, 0) is 95.1 Å². The summed E-state index contributed by atoms with van der Waals surface area (Å²) in [7, 11) is 2.03. The van der Waals surface area contributed by atoms with Crippen LogP contribution < -0.4 is 20.7 Å². The molecule has 0 atom stereocenters. The van der Waals surface area contributed by atoms with Crippen molar-refractivity contribution in [3.63, 3.8) is 0 Å². The van der Waals surface area contributed by atoms with Crippen molar-refractivity contribution in [3.05, 3.63) is 88.4 Å². The number of aromatic nitrogens is 3. The Balaban J connectivity index is 1.22. The Morgan fingerprint density at radius 2 is 1.78 bits per heavy atom. The summed E-state index contributed by atoms with van der Waals surface area (Å²) in [6.45, 7) is 2.56. The number of hydrogen-bond acceptors (Lipinski definition) is 7. The number of halogens is 2. The molecule has 2 aromatic carbocycles. The molecule has 2 amide bonds. The molecule has 4 heterocycles. The van der Waals surface area contributed by atoms with Gasteiger partial charge in [0.25, 0.3) is 11.8 Å². The number of ether oxygens (including phenoxy) is 1. The van der Waals surface area contributed by atoms with Crippen molar-refractivity contribution in [2.24, 2.45) is 0 Å². The van der Waals surface area contributed by atoms with E-state index in [4.69, 9.17) is 4.74 Å². The van der Waals surface area contributed by atoms with Crippen molar-refractivity contribution in [3.8, 4) is 11.6 Å². The van der Waals surface area contributed by atoms with E-state index in [1.165, 1.54) is 12.1 Å². The minimum Gasteiger partial charge on any atom is -0.433 e. The number of amides is 2. The zero-order chi connectivity index (χ0) is 31.7. The van der Waals surface area contributed by atoms with Crippen molar-refractivity contribution in [1.29, 1.82) is 0 Å². The van der Waals surface area contributed by atoms with Crippen molar-refractivity contribution < 1.29 is 23.1 Å². The van der Waals surface area contributed by atoms with E-state index in [-0.39, 0.29) is 40.8 Å². The number of piperidine rings is 1. The monoisotopic (exact) mass is 615 g/mol. The number of likely N-dealkylation sites (tertiary alicyclic amines) is 1. The van der Waals surface area contributed by atoms with Crippen LogP contribution in [0.2, 0.25) is 0 Å². The number of alkyl halides is 2. The van der Waals surface area contributed by atoms with Gasteiger partial charge in [0.05, 0.1) is 11.3 Å². The maximum Gasteiger partial charge on any atom is 0.387 e. The number of carbonyl (C=O) groups excluding carboxylic acids is 2. The quantitative estimate of drug-likeness (QED) is 0.243. The molecule has 0 bridgehead atoms. The maximum absolute atomic E-state index is 13.4. The van der Waals surface area contributed by atoms with Crippen LogP contribution in [0.3, 0.4) is 0 Å². The topological polar surface area (TPSA) is 113 Å². The second-order valence-electron chi connectivity index (χ2n) is 11.6. The Bertz CT molecular complexity index is 1730. The fourth-order valence-electron chi connectivity index (χ4n) is 5.92. The fourth-order valence-corrected chi connectivity index (χ4v) is 5.92. The van der Waals surface area contributed by atoms with Gasteiger partial charge in [0, 0.05) is 40.9 Å². The number of benzene rings is 2. The third kappa shape index (κ3) is 6.51. The second kappa shape index (κ2) is 12.6. The highest BCUT2D eigenvalue weighted by Crippen LogP contribution is 2.32. The van der Waals surface area contributed by atoms with E-state index < -0.39 is 6.61 Å². The molecule has 0 saturated carbocycles. The molecule has 3 N–H and O–H groups in total. The van der Waals surface area contributed by atoms with E-state index >= 15 is 0 Å². The fraction of sp³-hybridized carbons (Fsp3) is 0.333. The summed E-state index contributed by atoms with van der Waals surface area (Å²) in [6.07, 6.45) is 6.37. The standard InChI is InChI=1S/C33H35F2N7O3/c1-19-5-4-6-20(2)28(19)39-31(44)24-13-16-42-26(24)10-8-22-18-36-33(40-29(22)42)38-25-9-7-21(17-27(25)45-32(34)35)30(43)37-23-11-14-41(3)15-12-23/h4-7,9,13,16-18,23,32H,8,10-12,14-15H2,1-3H3,(H,37,43)(H,39,44)(H,36,38,40). The third-order valence-electron chi connectivity index (χ3n) is 8.42. The molecule has 2 aromatic heterocycles. The van der Waals surface area contributed by atoms with E-state index in [0.29, 0.717) is 24.2 Å². The molecule has 45 heavy (non-hydrogen) atoms. The summed E-state index contributed by atoms with van der Waals surface area (Å²) in [5.74, 6) is -0.0113. The van der Waals surface area contributed by atoms with Gasteiger partial charge in [0.15, 0.2) is 0 Å². The summed E-state index contributed by atoms with van der Waals surface area (Å²) in [6, 6.07) is 12.0. The van der Waals surface area contributed by atoms with Crippen LogP contribution in [0.5, 0.6) is 5.75 Å². The van der Waals surface area contributed by atoms with Crippen LogP contribution in [0, 0.1) is 13.8 Å². The molecular weight excluding hydrogens is 580 g/mol. The lowest BCUT2D eigenvalue weighted by Crippen LogP contribution is -2.43. The molecule has 0 unspecified atom stereocenters. The number of nitrogens with one attached hydrogen (secondary N) is 3. The van der Waals surface area contributed by atoms with Crippen molar-refractivity contribution >= 4 is 29.1 Å². The van der Waals surface area contributed by atoms with Crippen molar-refractivity contribution in [2.45, 2.75) is 52.2 Å². The molecule has 4 aromatic rings. The van der Waals surface area contributed by atoms with E-state index in [9.17, 15) is 18.4 Å². The van der Waals surface area contributed by atoms with Gasteiger partial charge in [0.2, 0.25) is 5.95 Å². The van der Waals surface area contributed by atoms with Gasteiger partial charge in [-0.3, -0.25) is 9.59 Å². The van der Waals surface area contributed by atoms with E-state index in [2.05, 4.69) is 30.8 Å². The van der Waals surface area contributed by atoms with E-state index in [1.54, 1.807) is 24.5 Å². The normalized spacial score (nSPS) is 14.9.